The summed E-state index contributed by atoms with van der Waals surface area (Å²) in [6.07, 6.45) is 0. The minimum absolute atomic E-state index is 0.0150. The molecule has 16 heteroatoms. The number of alkyl halides is 9. The lowest BCUT2D eigenvalue weighted by atomic mass is 10.1. The Morgan fingerprint density at radius 3 is 0.782 bits per heavy atom. The highest BCUT2D eigenvalue weighted by atomic mass is 35.6. The highest BCUT2D eigenvalue weighted by molar-refractivity contribution is 7.95. The second-order valence-corrected chi connectivity index (χ2v) is 24.3. The van der Waals surface area contributed by atoms with Gasteiger partial charge in [-0.25, -0.2) is 8.42 Å². The molecule has 0 saturated carbocycles. The Morgan fingerprint density at radius 1 is 0.345 bits per heavy atom. The van der Waals surface area contributed by atoms with E-state index in [0.717, 1.165) is 0 Å². The number of sulfone groups is 1. The lowest BCUT2D eigenvalue weighted by molar-refractivity contribution is 0.589. The van der Waals surface area contributed by atoms with E-state index in [2.05, 4.69) is 0 Å². The first-order valence-corrected chi connectivity index (χ1v) is 24.6. The quantitative estimate of drug-likeness (QED) is 0.123. The number of rotatable bonds is 6. The molecule has 1 heterocycles. The van der Waals surface area contributed by atoms with Gasteiger partial charge in [-0.3, -0.25) is 0 Å². The van der Waals surface area contributed by atoms with Gasteiger partial charge in [-0.2, -0.15) is 0 Å². The van der Waals surface area contributed by atoms with E-state index in [9.17, 15) is 8.42 Å². The molecule has 0 saturated heterocycles. The second kappa shape index (κ2) is 20.9. The second-order valence-electron chi connectivity index (χ2n) is 11.1. The zero-order valence-electron chi connectivity index (χ0n) is 28.1. The molecule has 4 nitrogen and oxygen atoms in total. The van der Waals surface area contributed by atoms with Gasteiger partial charge in [0.25, 0.3) is 0 Å². The van der Waals surface area contributed by atoms with Gasteiger partial charge in [0.15, 0.2) is 27.2 Å². The maximum absolute atomic E-state index is 15.4. The first kappa shape index (κ1) is 46.0. The fourth-order valence-corrected chi connectivity index (χ4v) is 14.8. The topological polar surface area (TPSA) is 68.3 Å². The van der Waals surface area contributed by atoms with E-state index < -0.39 is 37.0 Å². The molecule has 0 unspecified atom stereocenters. The average molecular weight is 975 g/mol. The summed E-state index contributed by atoms with van der Waals surface area (Å²) in [6, 6.07) is 46.5. The van der Waals surface area contributed by atoms with Crippen molar-refractivity contribution in [2.45, 2.75) is 22.7 Å². The molecule has 6 aromatic rings. The zero-order chi connectivity index (χ0) is 40.4. The highest BCUT2D eigenvalue weighted by Crippen LogP contribution is 2.53. The lowest BCUT2D eigenvalue weighted by Gasteiger charge is -2.23. The van der Waals surface area contributed by atoms with Gasteiger partial charge in [0, 0.05) is 43.0 Å². The Morgan fingerprint density at radius 2 is 0.564 bits per heavy atom. The molecule has 0 N–H and O–H groups in total. The van der Waals surface area contributed by atoms with Gasteiger partial charge in [0.2, 0.25) is 9.84 Å². The van der Waals surface area contributed by atoms with Gasteiger partial charge in [-0.15, -0.1) is 0 Å². The van der Waals surface area contributed by atoms with E-state index in [-0.39, 0.29) is 20.4 Å². The van der Waals surface area contributed by atoms with E-state index in [4.69, 9.17) is 104 Å². The molecule has 6 aromatic carbocycles. The fourth-order valence-electron chi connectivity index (χ4n) is 6.04. The Kier molecular flexibility index (Phi) is 17.5. The Bertz CT molecular complexity index is 2110. The summed E-state index contributed by atoms with van der Waals surface area (Å²) in [5.74, 6) is 0. The Balaban J connectivity index is 0.000000494. The molecule has 7 rings (SSSR count). The van der Waals surface area contributed by atoms with E-state index >= 15 is 9.13 Å². The number of hydrogen-bond donors (Lipinski definition) is 0. The minimum Gasteiger partial charge on any atom is -0.309 e. The van der Waals surface area contributed by atoms with Crippen LogP contribution in [0.2, 0.25) is 0 Å². The molecule has 288 valence electrons. The van der Waals surface area contributed by atoms with Crippen LogP contribution in [0.1, 0.15) is 0 Å². The van der Waals surface area contributed by atoms with Gasteiger partial charge >= 0.3 is 0 Å². The number of fused-ring (bicyclic) bond motifs is 3. The van der Waals surface area contributed by atoms with E-state index in [0.29, 0.717) is 32.3 Å². The molecule has 0 spiro atoms. The Hall–Kier alpha value is -1.66. The molecule has 0 bridgehead atoms. The van der Waals surface area contributed by atoms with Crippen molar-refractivity contribution in [1.82, 2.24) is 0 Å². The van der Waals surface area contributed by atoms with Crippen LogP contribution in [-0.4, -0.2) is 21.3 Å². The maximum Gasteiger partial charge on any atom is 0.209 e. The molecule has 1 aliphatic heterocycles. The molecule has 0 aliphatic carbocycles. The monoisotopic (exact) mass is 970 g/mol. The molecule has 0 aromatic heterocycles. The summed E-state index contributed by atoms with van der Waals surface area (Å²) < 4.78 is 58.4. The van der Waals surface area contributed by atoms with Crippen LogP contribution in [0.4, 0.5) is 0 Å². The molecule has 0 amide bonds. The molecule has 0 radical (unpaired) electrons. The fraction of sp³-hybridized carbons (Fsp3) is 0.0769. The van der Waals surface area contributed by atoms with Crippen LogP contribution in [0.15, 0.2) is 168 Å². The van der Waals surface area contributed by atoms with Gasteiger partial charge in [-0.1, -0.05) is 250 Å². The van der Waals surface area contributed by atoms with Gasteiger partial charge in [-0.05, 0) is 12.1 Å². The van der Waals surface area contributed by atoms with Gasteiger partial charge in [0.1, 0.15) is 0 Å². The molecule has 1 aliphatic rings. The van der Waals surface area contributed by atoms with Crippen LogP contribution < -0.4 is 31.8 Å². The first-order valence-electron chi connectivity index (χ1n) is 15.8. The minimum atomic E-state index is -4.27. The summed E-state index contributed by atoms with van der Waals surface area (Å²) in [7, 11) is -11.6. The van der Waals surface area contributed by atoms with Crippen LogP contribution in [0.5, 0.6) is 0 Å². The van der Waals surface area contributed by atoms with Crippen LogP contribution in [0.3, 0.4) is 0 Å². The van der Waals surface area contributed by atoms with Crippen molar-refractivity contribution in [2.24, 2.45) is 0 Å². The van der Waals surface area contributed by atoms with Crippen molar-refractivity contribution < 1.29 is 17.5 Å². The summed E-state index contributed by atoms with van der Waals surface area (Å²) >= 11 is 43.3. The maximum atomic E-state index is 15.4. The van der Waals surface area contributed by atoms with Crippen molar-refractivity contribution >= 4 is 160 Å². The third-order valence-electron chi connectivity index (χ3n) is 7.97. The summed E-state index contributed by atoms with van der Waals surface area (Å²) in [5.41, 5.74) is 0.934. The van der Waals surface area contributed by atoms with Crippen LogP contribution in [0.25, 0.3) is 11.1 Å². The number of halogens is 9. The smallest absolute Gasteiger partial charge is 0.209 e. The molecule has 0 fully saturated rings. The molecular formula is C39H29Cl9O4P2S. The summed E-state index contributed by atoms with van der Waals surface area (Å²) in [6.45, 7) is 0. The third kappa shape index (κ3) is 10.9. The molecular weight excluding hydrogens is 946 g/mol. The van der Waals surface area contributed by atoms with Crippen molar-refractivity contribution in [2.75, 3.05) is 0 Å². The third-order valence-corrected chi connectivity index (χ3v) is 16.4. The predicted octanol–water partition coefficient (Wildman–Crippen LogP) is 11.7. The number of hydrogen-bond acceptors (Lipinski definition) is 4. The van der Waals surface area contributed by atoms with Crippen LogP contribution in [0, 0.1) is 0 Å². The average Bonchev–Trinajstić information content (AvgIpc) is 3.41. The van der Waals surface area contributed by atoms with Gasteiger partial charge < -0.3 is 9.13 Å². The van der Waals surface area contributed by atoms with E-state index in [1.165, 1.54) is 0 Å². The Labute approximate surface area is 366 Å². The molecule has 55 heavy (non-hydrogen) atoms. The van der Waals surface area contributed by atoms with Crippen LogP contribution >= 0.6 is 119 Å². The summed E-state index contributed by atoms with van der Waals surface area (Å²) in [4.78, 5) is 0.0299. The van der Waals surface area contributed by atoms with E-state index in [1.54, 1.807) is 84.9 Å². The standard InChI is InChI=1S/C36H26O4P2S.3CHCl3/c37-41(27-15-5-1-6-16-27,28-17-7-2-8-18-28)33-25-13-23-31-32-24-14-26-34(36(32)43(39,40)35(31)33)42(38,29-19-9-3-10-20-29)30-21-11-4-12-22-30;3*2-1(3)4/h1-26H;3*1H. The predicted molar refractivity (Wildman–Crippen MR) is 240 cm³/mol. The van der Waals surface area contributed by atoms with Crippen molar-refractivity contribution in [3.05, 3.63) is 158 Å². The van der Waals surface area contributed by atoms with E-state index in [1.807, 2.05) is 72.8 Å². The first-order chi connectivity index (χ1) is 26.1. The van der Waals surface area contributed by atoms with Gasteiger partial charge in [0.05, 0.1) is 9.79 Å². The SMILES string of the molecule is ClC(Cl)Cl.ClC(Cl)Cl.ClC(Cl)Cl.O=P(c1ccccc1)(c1ccccc1)c1cccc2c1S(=O)(=O)c1c-2cccc1P(=O)(c1ccccc1)c1ccccc1. The number of benzene rings is 6. The normalized spacial score (nSPS) is 12.7. The lowest BCUT2D eigenvalue weighted by Crippen LogP contribution is -2.30. The van der Waals surface area contributed by atoms with Crippen molar-refractivity contribution in [3.63, 3.8) is 0 Å². The largest absolute Gasteiger partial charge is 0.309 e. The highest BCUT2D eigenvalue weighted by Gasteiger charge is 2.46. The van der Waals surface area contributed by atoms with Crippen molar-refractivity contribution in [1.29, 1.82) is 0 Å². The zero-order valence-corrected chi connectivity index (χ0v) is 37.5. The van der Waals surface area contributed by atoms with Crippen LogP contribution in [-0.2, 0) is 19.0 Å². The van der Waals surface area contributed by atoms with Crippen molar-refractivity contribution in [3.8, 4) is 11.1 Å². The molecule has 0 atom stereocenters. The summed E-state index contributed by atoms with van der Waals surface area (Å²) in [5, 5.41) is 2.67.